The smallest absolute Gasteiger partial charge is 0.135 e. The Morgan fingerprint density at radius 2 is 1.27 bits per heavy atom. The van der Waals surface area contributed by atoms with Crippen molar-refractivity contribution in [3.8, 4) is 0 Å². The molecule has 0 N–H and O–H groups in total. The molecule has 0 rings (SSSR count). The average Bonchev–Trinajstić information content (AvgIpc) is 2.20. The molecular formula is C12H22Cl2Si. The Labute approximate surface area is 105 Å². The average molecular weight is 265 g/mol. The van der Waals surface area contributed by atoms with Crippen molar-refractivity contribution >= 4 is 28.9 Å². The van der Waals surface area contributed by atoms with Crippen LogP contribution >= 0.6 is 22.2 Å². The molecule has 0 fully saturated rings. The zero-order chi connectivity index (χ0) is 11.6. The van der Waals surface area contributed by atoms with Gasteiger partial charge < -0.3 is 0 Å². The number of hydrogen-bond donors (Lipinski definition) is 0. The molecule has 0 nitrogen and oxygen atoms in total. The first-order chi connectivity index (χ1) is 7.12. The van der Waals surface area contributed by atoms with Gasteiger partial charge >= 0.3 is 0 Å². The van der Waals surface area contributed by atoms with Gasteiger partial charge in [-0.2, -0.15) is 0 Å². The van der Waals surface area contributed by atoms with E-state index in [0.29, 0.717) is 0 Å². The SMILES string of the molecule is CCCC/C=C/[Si](Cl)(Cl)/C=C/CCCC. The summed E-state index contributed by atoms with van der Waals surface area (Å²) in [4.78, 5) is 0. The highest BCUT2D eigenvalue weighted by Gasteiger charge is 2.19. The van der Waals surface area contributed by atoms with Gasteiger partial charge in [0.1, 0.15) is 0 Å². The summed E-state index contributed by atoms with van der Waals surface area (Å²) in [5, 5.41) is 0. The molecule has 0 aliphatic rings. The Morgan fingerprint density at radius 1 is 0.867 bits per heavy atom. The molecule has 0 aromatic carbocycles. The minimum absolute atomic E-state index is 1.09. The fourth-order valence-electron chi connectivity index (χ4n) is 1.18. The molecule has 0 saturated heterocycles. The zero-order valence-electron chi connectivity index (χ0n) is 9.81. The maximum Gasteiger partial charge on any atom is 0.295 e. The molecule has 3 heteroatoms. The molecule has 0 saturated carbocycles. The highest BCUT2D eigenvalue weighted by atomic mass is 35.7. The third-order valence-corrected chi connectivity index (χ3v) is 5.00. The Morgan fingerprint density at radius 3 is 1.60 bits per heavy atom. The third kappa shape index (κ3) is 10.6. The first-order valence-corrected chi connectivity index (χ1v) is 10.0. The van der Waals surface area contributed by atoms with E-state index >= 15 is 0 Å². The van der Waals surface area contributed by atoms with Crippen molar-refractivity contribution in [2.45, 2.75) is 52.4 Å². The van der Waals surface area contributed by atoms with Crippen LogP contribution in [0.1, 0.15) is 52.4 Å². The van der Waals surface area contributed by atoms with Crippen LogP contribution in [-0.2, 0) is 0 Å². The summed E-state index contributed by atoms with van der Waals surface area (Å²) >= 11 is 12.4. The second kappa shape index (κ2) is 9.50. The normalized spacial score (nSPS) is 13.1. The largest absolute Gasteiger partial charge is 0.295 e. The van der Waals surface area contributed by atoms with Gasteiger partial charge in [-0.1, -0.05) is 63.1 Å². The second-order valence-electron chi connectivity index (χ2n) is 3.76. The van der Waals surface area contributed by atoms with E-state index in [4.69, 9.17) is 22.2 Å². The predicted molar refractivity (Wildman–Crippen MR) is 74.8 cm³/mol. The minimum atomic E-state index is -2.22. The Hall–Kier alpha value is 0.277. The first-order valence-electron chi connectivity index (χ1n) is 5.85. The molecule has 0 aromatic rings. The molecule has 0 amide bonds. The van der Waals surface area contributed by atoms with E-state index in [1.165, 1.54) is 25.7 Å². The van der Waals surface area contributed by atoms with Crippen LogP contribution in [-0.4, -0.2) is 6.69 Å². The molecule has 88 valence electrons. The van der Waals surface area contributed by atoms with Crippen LogP contribution in [0.15, 0.2) is 23.6 Å². The van der Waals surface area contributed by atoms with Crippen LogP contribution in [0.2, 0.25) is 0 Å². The van der Waals surface area contributed by atoms with Gasteiger partial charge in [0.15, 0.2) is 0 Å². The summed E-state index contributed by atoms with van der Waals surface area (Å²) in [5.41, 5.74) is 4.02. The van der Waals surface area contributed by atoms with Crippen LogP contribution in [0.4, 0.5) is 0 Å². The van der Waals surface area contributed by atoms with Gasteiger partial charge in [-0.25, -0.2) is 0 Å². The van der Waals surface area contributed by atoms with E-state index in [9.17, 15) is 0 Å². The van der Waals surface area contributed by atoms with Crippen molar-refractivity contribution in [2.75, 3.05) is 0 Å². The third-order valence-electron chi connectivity index (χ3n) is 2.13. The molecule has 0 aliphatic heterocycles. The summed E-state index contributed by atoms with van der Waals surface area (Å²) in [6, 6.07) is 0. The Balaban J connectivity index is 3.83. The van der Waals surface area contributed by atoms with Crippen LogP contribution in [0.25, 0.3) is 0 Å². The van der Waals surface area contributed by atoms with E-state index in [1.807, 2.05) is 11.4 Å². The van der Waals surface area contributed by atoms with Gasteiger partial charge in [-0.05, 0) is 12.8 Å². The van der Waals surface area contributed by atoms with Gasteiger partial charge in [0, 0.05) is 0 Å². The van der Waals surface area contributed by atoms with Gasteiger partial charge in [-0.15, -0.1) is 22.2 Å². The maximum atomic E-state index is 6.22. The van der Waals surface area contributed by atoms with Crippen LogP contribution < -0.4 is 0 Å². The minimum Gasteiger partial charge on any atom is -0.135 e. The van der Waals surface area contributed by atoms with Gasteiger partial charge in [0.25, 0.3) is 6.69 Å². The molecule has 0 aromatic heterocycles. The lowest BCUT2D eigenvalue weighted by molar-refractivity contribution is 0.815. The van der Waals surface area contributed by atoms with E-state index in [-0.39, 0.29) is 0 Å². The van der Waals surface area contributed by atoms with Crippen LogP contribution in [0, 0.1) is 0 Å². The number of rotatable bonds is 8. The fourth-order valence-corrected chi connectivity index (χ4v) is 3.32. The van der Waals surface area contributed by atoms with Crippen LogP contribution in [0.5, 0.6) is 0 Å². The van der Waals surface area contributed by atoms with Crippen molar-refractivity contribution in [3.05, 3.63) is 23.6 Å². The molecule has 15 heavy (non-hydrogen) atoms. The van der Waals surface area contributed by atoms with E-state index < -0.39 is 6.69 Å². The number of halogens is 2. The van der Waals surface area contributed by atoms with E-state index in [1.54, 1.807) is 0 Å². The predicted octanol–water partition coefficient (Wildman–Crippen LogP) is 5.48. The number of unbranched alkanes of at least 4 members (excludes halogenated alkanes) is 4. The van der Waals surface area contributed by atoms with E-state index in [2.05, 4.69) is 26.0 Å². The zero-order valence-corrected chi connectivity index (χ0v) is 12.3. The van der Waals surface area contributed by atoms with Gasteiger partial charge in [-0.3, -0.25) is 0 Å². The molecule has 0 unspecified atom stereocenters. The number of hydrogen-bond acceptors (Lipinski definition) is 0. The summed E-state index contributed by atoms with van der Waals surface area (Å²) in [5.74, 6) is 0. The lowest BCUT2D eigenvalue weighted by Crippen LogP contribution is -2.11. The molecule has 0 bridgehead atoms. The maximum absolute atomic E-state index is 6.22. The van der Waals surface area contributed by atoms with Gasteiger partial charge in [0.05, 0.1) is 0 Å². The lowest BCUT2D eigenvalue weighted by atomic mass is 10.2. The van der Waals surface area contributed by atoms with E-state index in [0.717, 1.165) is 12.8 Å². The molecule has 0 atom stereocenters. The Bertz CT molecular complexity index is 178. The topological polar surface area (TPSA) is 0 Å². The Kier molecular flexibility index (Phi) is 9.67. The van der Waals surface area contributed by atoms with Crippen molar-refractivity contribution in [3.63, 3.8) is 0 Å². The van der Waals surface area contributed by atoms with Crippen LogP contribution in [0.3, 0.4) is 0 Å². The highest BCUT2D eigenvalue weighted by molar-refractivity contribution is 7.49. The van der Waals surface area contributed by atoms with Crippen molar-refractivity contribution in [1.82, 2.24) is 0 Å². The summed E-state index contributed by atoms with van der Waals surface area (Å²) in [6.07, 6.45) is 11.3. The molecule has 0 spiro atoms. The number of allylic oxidation sites excluding steroid dienone is 2. The second-order valence-corrected chi connectivity index (χ2v) is 10.1. The highest BCUT2D eigenvalue weighted by Crippen LogP contribution is 2.19. The molecule has 0 radical (unpaired) electrons. The summed E-state index contributed by atoms with van der Waals surface area (Å²) in [6.45, 7) is 2.15. The summed E-state index contributed by atoms with van der Waals surface area (Å²) < 4.78 is 0. The van der Waals surface area contributed by atoms with Crippen molar-refractivity contribution in [2.24, 2.45) is 0 Å². The molecule has 0 heterocycles. The lowest BCUT2D eigenvalue weighted by Gasteiger charge is -2.04. The van der Waals surface area contributed by atoms with Crippen molar-refractivity contribution < 1.29 is 0 Å². The molecule has 0 aliphatic carbocycles. The monoisotopic (exact) mass is 264 g/mol. The summed E-state index contributed by atoms with van der Waals surface area (Å²) in [7, 11) is 0. The quantitative estimate of drug-likeness (QED) is 0.310. The standard InChI is InChI=1S/C12H22Cl2Si/c1-3-5-7-9-11-15(13,14)12-10-8-6-4-2/h9-12H,3-8H2,1-2H3/b11-9+,12-10+. The fraction of sp³-hybridized carbons (Fsp3) is 0.667. The first kappa shape index (κ1) is 15.3. The molecular weight excluding hydrogens is 243 g/mol. The van der Waals surface area contributed by atoms with Crippen molar-refractivity contribution in [1.29, 1.82) is 0 Å². The van der Waals surface area contributed by atoms with Gasteiger partial charge in [0.2, 0.25) is 0 Å².